The second kappa shape index (κ2) is 11.5. The summed E-state index contributed by atoms with van der Waals surface area (Å²) >= 11 is 0. The zero-order valence-electron chi connectivity index (χ0n) is 15.8. The number of hydrogen-bond acceptors (Lipinski definition) is 3. The van der Waals surface area contributed by atoms with Crippen LogP contribution in [0.4, 0.5) is 0 Å². The lowest BCUT2D eigenvalue weighted by atomic mass is 9.96. The van der Waals surface area contributed by atoms with E-state index < -0.39 is 0 Å². The molecule has 1 atom stereocenters. The van der Waals surface area contributed by atoms with Crippen LogP contribution in [0.1, 0.15) is 44.2 Å². The first-order chi connectivity index (χ1) is 11.6. The highest BCUT2D eigenvalue weighted by Gasteiger charge is 2.15. The van der Waals surface area contributed by atoms with Crippen molar-refractivity contribution in [3.8, 4) is 0 Å². The summed E-state index contributed by atoms with van der Waals surface area (Å²) in [7, 11) is 0. The maximum atomic E-state index is 12.3. The molecule has 1 amide bonds. The predicted molar refractivity (Wildman–Crippen MR) is 106 cm³/mol. The van der Waals surface area contributed by atoms with Crippen molar-refractivity contribution < 1.29 is 9.53 Å². The summed E-state index contributed by atoms with van der Waals surface area (Å²) in [6, 6.07) is 8.49. The standard InChI is InChI=1S/C20H32N2O2.ClH/c1-16(2)15-18-5-7-19(8-6-18)17(3)20(23)21-9-4-10-22-11-13-24-14-12-22;/h5-8,16-17H,4,9-15H2,1-3H3,(H,21,23);1H/t17-;/m1./s1. The summed E-state index contributed by atoms with van der Waals surface area (Å²) in [6.07, 6.45) is 2.08. The molecule has 0 spiro atoms. The number of benzene rings is 1. The number of carbonyl (C=O) groups is 1. The lowest BCUT2D eigenvalue weighted by Crippen LogP contribution is -2.38. The average Bonchev–Trinajstić information content (AvgIpc) is 2.59. The van der Waals surface area contributed by atoms with Crippen molar-refractivity contribution in [3.63, 3.8) is 0 Å². The molecule has 0 bridgehead atoms. The molecule has 142 valence electrons. The Morgan fingerprint density at radius 3 is 2.40 bits per heavy atom. The van der Waals surface area contributed by atoms with Gasteiger partial charge in [-0.05, 0) is 43.4 Å². The molecule has 0 saturated carbocycles. The van der Waals surface area contributed by atoms with Crippen molar-refractivity contribution in [1.82, 2.24) is 10.2 Å². The van der Waals surface area contributed by atoms with E-state index in [0.717, 1.165) is 57.8 Å². The molecule has 0 aliphatic carbocycles. The zero-order chi connectivity index (χ0) is 17.4. The number of rotatable bonds is 8. The fourth-order valence-electron chi connectivity index (χ4n) is 3.06. The minimum Gasteiger partial charge on any atom is -0.379 e. The Morgan fingerprint density at radius 2 is 1.80 bits per heavy atom. The number of nitrogens with zero attached hydrogens (tertiary/aromatic N) is 1. The molecule has 0 aromatic heterocycles. The lowest BCUT2D eigenvalue weighted by molar-refractivity contribution is -0.122. The highest BCUT2D eigenvalue weighted by molar-refractivity contribution is 5.85. The number of morpholine rings is 1. The van der Waals surface area contributed by atoms with Crippen molar-refractivity contribution in [2.75, 3.05) is 39.4 Å². The molecule has 0 unspecified atom stereocenters. The van der Waals surface area contributed by atoms with Crippen LogP contribution in [0, 0.1) is 5.92 Å². The van der Waals surface area contributed by atoms with E-state index >= 15 is 0 Å². The van der Waals surface area contributed by atoms with Crippen LogP contribution in [0.5, 0.6) is 0 Å². The van der Waals surface area contributed by atoms with Gasteiger partial charge >= 0.3 is 0 Å². The van der Waals surface area contributed by atoms with E-state index in [1.807, 2.05) is 6.92 Å². The molecule has 1 aliphatic rings. The molecule has 5 heteroatoms. The third-order valence-corrected chi connectivity index (χ3v) is 4.57. The minimum absolute atomic E-state index is 0. The van der Waals surface area contributed by atoms with Crippen LogP contribution in [0.25, 0.3) is 0 Å². The highest BCUT2D eigenvalue weighted by atomic mass is 35.5. The fraction of sp³-hybridized carbons (Fsp3) is 0.650. The number of hydrogen-bond donors (Lipinski definition) is 1. The molecule has 0 radical (unpaired) electrons. The summed E-state index contributed by atoms with van der Waals surface area (Å²) < 4.78 is 5.34. The maximum absolute atomic E-state index is 12.3. The summed E-state index contributed by atoms with van der Waals surface area (Å²) in [4.78, 5) is 14.7. The van der Waals surface area contributed by atoms with Gasteiger partial charge in [-0.3, -0.25) is 9.69 Å². The second-order valence-electron chi connectivity index (χ2n) is 7.16. The van der Waals surface area contributed by atoms with Gasteiger partial charge in [0.15, 0.2) is 0 Å². The molecule has 1 heterocycles. The van der Waals surface area contributed by atoms with Gasteiger partial charge in [0.25, 0.3) is 0 Å². The summed E-state index contributed by atoms with van der Waals surface area (Å²) in [5.41, 5.74) is 2.43. The number of amides is 1. The Labute approximate surface area is 158 Å². The first kappa shape index (κ1) is 21.9. The molecular weight excluding hydrogens is 336 g/mol. The second-order valence-corrected chi connectivity index (χ2v) is 7.16. The Hall–Kier alpha value is -1.10. The first-order valence-electron chi connectivity index (χ1n) is 9.23. The maximum Gasteiger partial charge on any atom is 0.227 e. The third kappa shape index (κ3) is 7.76. The largest absolute Gasteiger partial charge is 0.379 e. The smallest absolute Gasteiger partial charge is 0.227 e. The van der Waals surface area contributed by atoms with Gasteiger partial charge in [-0.1, -0.05) is 38.1 Å². The van der Waals surface area contributed by atoms with Crippen molar-refractivity contribution in [2.45, 2.75) is 39.5 Å². The normalized spacial score (nSPS) is 16.3. The summed E-state index contributed by atoms with van der Waals surface area (Å²) in [5, 5.41) is 3.07. The quantitative estimate of drug-likeness (QED) is 0.716. The van der Waals surface area contributed by atoms with E-state index in [-0.39, 0.29) is 24.2 Å². The van der Waals surface area contributed by atoms with Crippen LogP contribution in [0.2, 0.25) is 0 Å². The SMILES string of the molecule is CC(C)Cc1ccc([C@@H](C)C(=O)NCCCN2CCOCC2)cc1.Cl. The summed E-state index contributed by atoms with van der Waals surface area (Å²) in [5.74, 6) is 0.679. The Morgan fingerprint density at radius 1 is 1.16 bits per heavy atom. The third-order valence-electron chi connectivity index (χ3n) is 4.57. The number of halogens is 1. The van der Waals surface area contributed by atoms with Gasteiger partial charge in [0, 0.05) is 19.6 Å². The van der Waals surface area contributed by atoms with Crippen LogP contribution in [0.3, 0.4) is 0 Å². The molecule has 4 nitrogen and oxygen atoms in total. The Balaban J connectivity index is 0.00000312. The molecular formula is C20H33ClN2O2. The molecule has 1 aromatic carbocycles. The fourth-order valence-corrected chi connectivity index (χ4v) is 3.06. The van der Waals surface area contributed by atoms with E-state index in [4.69, 9.17) is 4.74 Å². The minimum atomic E-state index is -0.0958. The van der Waals surface area contributed by atoms with Crippen molar-refractivity contribution in [1.29, 1.82) is 0 Å². The van der Waals surface area contributed by atoms with E-state index in [1.54, 1.807) is 0 Å². The monoisotopic (exact) mass is 368 g/mol. The average molecular weight is 369 g/mol. The van der Waals surface area contributed by atoms with Gasteiger partial charge in [-0.15, -0.1) is 12.4 Å². The molecule has 1 aliphatic heterocycles. The number of nitrogens with one attached hydrogen (secondary N) is 1. The Bertz CT molecular complexity index is 499. The van der Waals surface area contributed by atoms with Gasteiger partial charge in [0.1, 0.15) is 0 Å². The van der Waals surface area contributed by atoms with Crippen molar-refractivity contribution in [2.24, 2.45) is 5.92 Å². The van der Waals surface area contributed by atoms with Crippen LogP contribution in [-0.2, 0) is 16.0 Å². The van der Waals surface area contributed by atoms with Gasteiger partial charge < -0.3 is 10.1 Å². The van der Waals surface area contributed by atoms with Crippen LogP contribution >= 0.6 is 12.4 Å². The zero-order valence-corrected chi connectivity index (χ0v) is 16.6. The topological polar surface area (TPSA) is 41.6 Å². The van der Waals surface area contributed by atoms with E-state index in [2.05, 4.69) is 48.3 Å². The predicted octanol–water partition coefficient (Wildman–Crippen LogP) is 3.25. The summed E-state index contributed by atoms with van der Waals surface area (Å²) in [6.45, 7) is 11.9. The molecule has 25 heavy (non-hydrogen) atoms. The number of carbonyl (C=O) groups excluding carboxylic acids is 1. The van der Waals surface area contributed by atoms with E-state index in [0.29, 0.717) is 5.92 Å². The van der Waals surface area contributed by atoms with Gasteiger partial charge in [0.2, 0.25) is 5.91 Å². The molecule has 1 saturated heterocycles. The number of ether oxygens (including phenoxy) is 1. The van der Waals surface area contributed by atoms with Crippen LogP contribution < -0.4 is 5.32 Å². The van der Waals surface area contributed by atoms with Gasteiger partial charge in [-0.25, -0.2) is 0 Å². The van der Waals surface area contributed by atoms with Crippen LogP contribution in [0.15, 0.2) is 24.3 Å². The van der Waals surface area contributed by atoms with Crippen molar-refractivity contribution >= 4 is 18.3 Å². The first-order valence-corrected chi connectivity index (χ1v) is 9.23. The van der Waals surface area contributed by atoms with Crippen molar-refractivity contribution in [3.05, 3.63) is 35.4 Å². The lowest BCUT2D eigenvalue weighted by Gasteiger charge is -2.26. The van der Waals surface area contributed by atoms with Gasteiger partial charge in [0.05, 0.1) is 19.1 Å². The molecule has 1 N–H and O–H groups in total. The highest BCUT2D eigenvalue weighted by Crippen LogP contribution is 2.17. The molecule has 1 fully saturated rings. The molecule has 2 rings (SSSR count). The van der Waals surface area contributed by atoms with Crippen LogP contribution in [-0.4, -0.2) is 50.2 Å². The Kier molecular flexibility index (Phi) is 10.1. The van der Waals surface area contributed by atoms with Gasteiger partial charge in [-0.2, -0.15) is 0 Å². The molecule has 1 aromatic rings. The van der Waals surface area contributed by atoms with E-state index in [9.17, 15) is 4.79 Å². The van der Waals surface area contributed by atoms with E-state index in [1.165, 1.54) is 5.56 Å².